The maximum absolute atomic E-state index is 12.6. The lowest BCUT2D eigenvalue weighted by molar-refractivity contribution is -0.137. The van der Waals surface area contributed by atoms with Gasteiger partial charge in [0.05, 0.1) is 11.3 Å². The summed E-state index contributed by atoms with van der Waals surface area (Å²) in [4.78, 5) is 1.24. The van der Waals surface area contributed by atoms with Gasteiger partial charge >= 0.3 is 6.18 Å². The van der Waals surface area contributed by atoms with E-state index in [0.717, 1.165) is 18.9 Å². The van der Waals surface area contributed by atoms with Gasteiger partial charge < -0.3 is 4.90 Å². The number of nitrogens with zero attached hydrogens (tertiary/aromatic N) is 2. The van der Waals surface area contributed by atoms with Crippen LogP contribution in [0.25, 0.3) is 0 Å². The fourth-order valence-electron chi connectivity index (χ4n) is 1.99. The molecule has 0 spiro atoms. The summed E-state index contributed by atoms with van der Waals surface area (Å²) in [7, 11) is -4.04. The third-order valence-corrected chi connectivity index (χ3v) is 4.35. The Morgan fingerprint density at radius 1 is 1.26 bits per heavy atom. The molecule has 1 aliphatic heterocycles. The topological polar surface area (TPSA) is 49.7 Å². The first-order valence-electron chi connectivity index (χ1n) is 5.59. The van der Waals surface area contributed by atoms with Gasteiger partial charge in [-0.25, -0.2) is 0 Å². The Morgan fingerprint density at radius 3 is 2.53 bits per heavy atom. The van der Waals surface area contributed by atoms with Crippen molar-refractivity contribution in [3.8, 4) is 0 Å². The minimum atomic E-state index is -4.57. The third-order valence-electron chi connectivity index (χ3n) is 3.09. The van der Waals surface area contributed by atoms with Crippen molar-refractivity contribution in [2.45, 2.75) is 30.0 Å². The van der Waals surface area contributed by atoms with E-state index in [0.29, 0.717) is 6.07 Å². The van der Waals surface area contributed by atoms with Gasteiger partial charge in [0, 0.05) is 6.04 Å². The molecule has 102 valence electrons. The number of hydrogen-bond acceptors (Lipinski definition) is 3. The normalized spacial score (nSPS) is 21.3. The monoisotopic (exact) mass is 290 g/mol. The number of rotatable bonds is 1. The molecule has 0 aromatic heterocycles. The maximum Gasteiger partial charge on any atom is 0.416 e. The predicted molar refractivity (Wildman–Crippen MR) is 62.6 cm³/mol. The van der Waals surface area contributed by atoms with Gasteiger partial charge in [-0.15, -0.1) is 4.40 Å². The summed E-state index contributed by atoms with van der Waals surface area (Å²) in [6.07, 6.45) is -1.63. The van der Waals surface area contributed by atoms with Crippen molar-refractivity contribution in [2.75, 3.05) is 4.90 Å². The molecule has 0 radical (unpaired) electrons. The van der Waals surface area contributed by atoms with Crippen LogP contribution < -0.4 is 4.90 Å². The fourth-order valence-corrected chi connectivity index (χ4v) is 3.04. The van der Waals surface area contributed by atoms with E-state index in [1.807, 2.05) is 0 Å². The average Bonchev–Trinajstić information content (AvgIpc) is 3.11. The van der Waals surface area contributed by atoms with E-state index in [1.165, 1.54) is 12.4 Å². The molecule has 0 N–H and O–H groups in total. The van der Waals surface area contributed by atoms with E-state index in [2.05, 4.69) is 4.40 Å². The molecule has 0 bridgehead atoms. The molecule has 1 aromatic rings. The number of halogens is 3. The molecule has 19 heavy (non-hydrogen) atoms. The van der Waals surface area contributed by atoms with Gasteiger partial charge in [-0.05, 0) is 31.0 Å². The lowest BCUT2D eigenvalue weighted by Crippen LogP contribution is -2.29. The molecule has 8 heteroatoms. The maximum atomic E-state index is 12.6. The summed E-state index contributed by atoms with van der Waals surface area (Å²) in [5.74, 6) is 0. The molecule has 1 heterocycles. The van der Waals surface area contributed by atoms with Crippen LogP contribution in [0.15, 0.2) is 27.5 Å². The van der Waals surface area contributed by atoms with Crippen LogP contribution in [0.5, 0.6) is 0 Å². The van der Waals surface area contributed by atoms with Crippen molar-refractivity contribution >= 4 is 22.0 Å². The lowest BCUT2D eigenvalue weighted by atomic mass is 10.2. The Balaban J connectivity index is 2.17. The van der Waals surface area contributed by atoms with Crippen molar-refractivity contribution in [1.82, 2.24) is 0 Å². The van der Waals surface area contributed by atoms with Gasteiger partial charge in [0.25, 0.3) is 10.0 Å². The van der Waals surface area contributed by atoms with E-state index in [-0.39, 0.29) is 16.6 Å². The zero-order valence-electron chi connectivity index (χ0n) is 9.55. The summed E-state index contributed by atoms with van der Waals surface area (Å²) >= 11 is 0. The van der Waals surface area contributed by atoms with E-state index in [4.69, 9.17) is 0 Å². The van der Waals surface area contributed by atoms with Crippen LogP contribution in [-0.2, 0) is 16.2 Å². The second-order valence-corrected chi connectivity index (χ2v) is 6.12. The molecule has 1 fully saturated rings. The van der Waals surface area contributed by atoms with Crippen LogP contribution in [0.4, 0.5) is 18.9 Å². The second-order valence-electron chi connectivity index (χ2n) is 4.51. The van der Waals surface area contributed by atoms with Crippen LogP contribution in [0.1, 0.15) is 18.4 Å². The van der Waals surface area contributed by atoms with Crippen molar-refractivity contribution in [3.63, 3.8) is 0 Å². The summed E-state index contributed by atoms with van der Waals surface area (Å²) < 4.78 is 64.8. The van der Waals surface area contributed by atoms with Crippen LogP contribution in [0, 0.1) is 0 Å². The van der Waals surface area contributed by atoms with Gasteiger partial charge in [-0.2, -0.15) is 21.6 Å². The van der Waals surface area contributed by atoms with Crippen molar-refractivity contribution in [2.24, 2.45) is 4.40 Å². The molecular formula is C11H9F3N2O2S. The van der Waals surface area contributed by atoms with Gasteiger partial charge in [0.1, 0.15) is 11.2 Å². The fraction of sp³-hybridized carbons (Fsp3) is 0.364. The molecule has 1 saturated carbocycles. The average molecular weight is 290 g/mol. The summed E-state index contributed by atoms with van der Waals surface area (Å²) in [6.45, 7) is 0. The molecule has 3 rings (SSSR count). The Hall–Kier alpha value is -1.57. The molecule has 1 aromatic carbocycles. The van der Waals surface area contributed by atoms with Gasteiger partial charge in [-0.1, -0.05) is 0 Å². The number of alkyl halides is 3. The summed E-state index contributed by atoms with van der Waals surface area (Å²) in [5, 5.41) is 0. The molecular weight excluding hydrogens is 281 g/mol. The van der Waals surface area contributed by atoms with Crippen LogP contribution in [0.2, 0.25) is 0 Å². The first-order chi connectivity index (χ1) is 8.79. The second kappa shape index (κ2) is 3.72. The smallest absolute Gasteiger partial charge is 0.327 e. The quantitative estimate of drug-likeness (QED) is 0.798. The zero-order chi connectivity index (χ0) is 13.8. The van der Waals surface area contributed by atoms with E-state index >= 15 is 0 Å². The number of anilines is 1. The number of sulfonamides is 1. The zero-order valence-corrected chi connectivity index (χ0v) is 10.4. The highest BCUT2D eigenvalue weighted by Gasteiger charge is 2.38. The van der Waals surface area contributed by atoms with Crippen molar-refractivity contribution in [1.29, 1.82) is 0 Å². The van der Waals surface area contributed by atoms with Gasteiger partial charge in [0.2, 0.25) is 0 Å². The van der Waals surface area contributed by atoms with E-state index in [1.54, 1.807) is 4.90 Å². The minimum absolute atomic E-state index is 0.134. The van der Waals surface area contributed by atoms with E-state index in [9.17, 15) is 21.6 Å². The predicted octanol–water partition coefficient (Wildman–Crippen LogP) is 2.40. The van der Waals surface area contributed by atoms with Crippen molar-refractivity contribution < 1.29 is 21.6 Å². The first-order valence-corrected chi connectivity index (χ1v) is 7.03. The Kier molecular flexibility index (Phi) is 2.44. The molecule has 1 aliphatic carbocycles. The van der Waals surface area contributed by atoms with Crippen LogP contribution >= 0.6 is 0 Å². The lowest BCUT2D eigenvalue weighted by Gasteiger charge is -2.25. The first kappa shape index (κ1) is 12.5. The highest BCUT2D eigenvalue weighted by Crippen LogP contribution is 2.40. The highest BCUT2D eigenvalue weighted by atomic mass is 32.2. The van der Waals surface area contributed by atoms with Crippen LogP contribution in [-0.4, -0.2) is 20.8 Å². The molecule has 4 nitrogen and oxygen atoms in total. The standard InChI is InChI=1S/C11H9F3N2O2S/c12-11(13,14)7-1-4-9-10(5-7)19(17,18)15-6-16(9)8-2-3-8/h1,4-6,8H,2-3H2. The van der Waals surface area contributed by atoms with E-state index < -0.39 is 21.8 Å². The molecule has 0 amide bonds. The number of hydrogen-bond donors (Lipinski definition) is 0. The Morgan fingerprint density at radius 2 is 1.95 bits per heavy atom. The molecule has 0 unspecified atom stereocenters. The number of fused-ring (bicyclic) bond motifs is 1. The Labute approximate surface area is 107 Å². The summed E-state index contributed by atoms with van der Waals surface area (Å²) in [5.41, 5.74) is -0.715. The Bertz CT molecular complexity index is 663. The van der Waals surface area contributed by atoms with Gasteiger partial charge in [0.15, 0.2) is 0 Å². The highest BCUT2D eigenvalue weighted by molar-refractivity contribution is 7.90. The third kappa shape index (κ3) is 2.09. The van der Waals surface area contributed by atoms with Gasteiger partial charge in [-0.3, -0.25) is 0 Å². The molecule has 0 atom stereocenters. The largest absolute Gasteiger partial charge is 0.416 e. The summed E-state index contributed by atoms with van der Waals surface area (Å²) in [6, 6.07) is 2.87. The van der Waals surface area contributed by atoms with Crippen LogP contribution in [0.3, 0.4) is 0 Å². The number of benzene rings is 1. The molecule has 0 saturated heterocycles. The minimum Gasteiger partial charge on any atom is -0.327 e. The van der Waals surface area contributed by atoms with Crippen molar-refractivity contribution in [3.05, 3.63) is 23.8 Å². The molecule has 2 aliphatic rings. The SMILES string of the molecule is O=S1(=O)N=CN(C2CC2)c2ccc(C(F)(F)F)cc21.